The van der Waals surface area contributed by atoms with Crippen molar-refractivity contribution in [3.8, 4) is 0 Å². The van der Waals surface area contributed by atoms with E-state index in [-0.39, 0.29) is 5.54 Å². The lowest BCUT2D eigenvalue weighted by molar-refractivity contribution is 0.226. The van der Waals surface area contributed by atoms with Crippen molar-refractivity contribution in [2.75, 3.05) is 24.7 Å². The highest BCUT2D eigenvalue weighted by atomic mass is 32.2. The van der Waals surface area contributed by atoms with Gasteiger partial charge in [0.05, 0.1) is 6.61 Å². The molecule has 2 aliphatic rings. The molecule has 1 atom stereocenters. The predicted molar refractivity (Wildman–Crippen MR) is 52.5 cm³/mol. The van der Waals surface area contributed by atoms with Gasteiger partial charge < -0.3 is 10.4 Å². The highest BCUT2D eigenvalue weighted by Crippen LogP contribution is 2.35. The maximum Gasteiger partial charge on any atom is 0.0613 e. The number of hydrogen-bond acceptors (Lipinski definition) is 3. The summed E-state index contributed by atoms with van der Waals surface area (Å²) in [5.41, 5.74) is 0.146. The molecule has 0 amide bonds. The van der Waals surface area contributed by atoms with Gasteiger partial charge in [0.15, 0.2) is 0 Å². The normalized spacial score (nSPS) is 32.2. The van der Waals surface area contributed by atoms with Gasteiger partial charge in [-0.15, -0.1) is 0 Å². The second kappa shape index (κ2) is 3.56. The minimum Gasteiger partial charge on any atom is -0.394 e. The third kappa shape index (κ3) is 1.95. The average molecular weight is 187 g/mol. The third-order valence-corrected chi connectivity index (χ3v) is 4.18. The van der Waals surface area contributed by atoms with E-state index in [0.29, 0.717) is 6.61 Å². The van der Waals surface area contributed by atoms with Crippen LogP contribution in [0.5, 0.6) is 0 Å². The van der Waals surface area contributed by atoms with Gasteiger partial charge >= 0.3 is 0 Å². The molecule has 1 aliphatic carbocycles. The Kier molecular flexibility index (Phi) is 2.63. The number of aliphatic hydroxyl groups excluding tert-OH is 1. The van der Waals surface area contributed by atoms with Crippen LogP contribution in [0.2, 0.25) is 0 Å². The van der Waals surface area contributed by atoms with Crippen LogP contribution in [0.1, 0.15) is 19.3 Å². The molecule has 2 fully saturated rings. The molecule has 2 nitrogen and oxygen atoms in total. The summed E-state index contributed by atoms with van der Waals surface area (Å²) in [5.74, 6) is 3.51. The molecule has 0 spiro atoms. The molecule has 0 bridgehead atoms. The molecule has 2 rings (SSSR count). The van der Waals surface area contributed by atoms with Gasteiger partial charge in [-0.1, -0.05) is 0 Å². The topological polar surface area (TPSA) is 32.3 Å². The molecular weight excluding hydrogens is 170 g/mol. The zero-order valence-electron chi connectivity index (χ0n) is 7.38. The van der Waals surface area contributed by atoms with Crippen molar-refractivity contribution in [1.82, 2.24) is 5.32 Å². The Morgan fingerprint density at radius 1 is 1.50 bits per heavy atom. The van der Waals surface area contributed by atoms with E-state index in [1.165, 1.54) is 30.8 Å². The molecule has 0 radical (unpaired) electrons. The van der Waals surface area contributed by atoms with Crippen LogP contribution in [0.4, 0.5) is 0 Å². The van der Waals surface area contributed by atoms with E-state index in [9.17, 15) is 0 Å². The van der Waals surface area contributed by atoms with Crippen LogP contribution in [0.15, 0.2) is 0 Å². The van der Waals surface area contributed by atoms with Crippen molar-refractivity contribution in [3.63, 3.8) is 0 Å². The first-order chi connectivity index (χ1) is 5.85. The molecule has 0 aromatic rings. The van der Waals surface area contributed by atoms with Crippen LogP contribution in [0, 0.1) is 5.92 Å². The first kappa shape index (κ1) is 8.85. The van der Waals surface area contributed by atoms with Crippen molar-refractivity contribution < 1.29 is 5.11 Å². The minimum absolute atomic E-state index is 0.146. The summed E-state index contributed by atoms with van der Waals surface area (Å²) in [6.07, 6.45) is 3.70. The fourth-order valence-electron chi connectivity index (χ4n) is 1.65. The predicted octanol–water partition coefficient (Wildman–Crippen LogP) is 0.854. The molecule has 1 aliphatic heterocycles. The van der Waals surface area contributed by atoms with E-state index in [0.717, 1.165) is 12.5 Å². The lowest BCUT2D eigenvalue weighted by atomic mass is 10.1. The molecule has 1 unspecified atom stereocenters. The van der Waals surface area contributed by atoms with Crippen molar-refractivity contribution in [2.45, 2.75) is 24.8 Å². The number of aliphatic hydroxyl groups is 1. The van der Waals surface area contributed by atoms with Crippen molar-refractivity contribution >= 4 is 11.8 Å². The van der Waals surface area contributed by atoms with Crippen LogP contribution in [-0.2, 0) is 0 Å². The molecule has 1 saturated heterocycles. The highest BCUT2D eigenvalue weighted by molar-refractivity contribution is 7.99. The smallest absolute Gasteiger partial charge is 0.0613 e. The lowest BCUT2D eigenvalue weighted by Gasteiger charge is -2.17. The van der Waals surface area contributed by atoms with Crippen LogP contribution < -0.4 is 5.32 Å². The lowest BCUT2D eigenvalue weighted by Crippen LogP contribution is -2.38. The van der Waals surface area contributed by atoms with Crippen LogP contribution in [0.3, 0.4) is 0 Å². The van der Waals surface area contributed by atoms with E-state index >= 15 is 0 Å². The summed E-state index contributed by atoms with van der Waals surface area (Å²) >= 11 is 2.06. The minimum atomic E-state index is 0.146. The van der Waals surface area contributed by atoms with Gasteiger partial charge in [-0.25, -0.2) is 0 Å². The Morgan fingerprint density at radius 3 is 2.83 bits per heavy atom. The van der Waals surface area contributed by atoms with Gasteiger partial charge in [0.1, 0.15) is 0 Å². The number of nitrogens with one attached hydrogen (secondary N) is 1. The second-order valence-corrected chi connectivity index (χ2v) is 5.20. The fourth-order valence-corrected chi connectivity index (χ4v) is 2.93. The summed E-state index contributed by atoms with van der Waals surface area (Å²) in [5, 5.41) is 12.6. The molecule has 12 heavy (non-hydrogen) atoms. The third-order valence-electron chi connectivity index (χ3n) is 2.95. The van der Waals surface area contributed by atoms with E-state index < -0.39 is 0 Å². The molecule has 1 saturated carbocycles. The second-order valence-electron chi connectivity index (χ2n) is 4.05. The Bertz CT molecular complexity index is 153. The van der Waals surface area contributed by atoms with Gasteiger partial charge in [-0.05, 0) is 43.2 Å². The Morgan fingerprint density at radius 2 is 2.33 bits per heavy atom. The maximum atomic E-state index is 9.06. The fraction of sp³-hybridized carbons (Fsp3) is 1.00. The van der Waals surface area contributed by atoms with E-state index in [1.54, 1.807) is 0 Å². The number of thioether (sulfide) groups is 1. The Hall–Kier alpha value is 0.270. The average Bonchev–Trinajstić information content (AvgIpc) is 2.70. The molecule has 0 aromatic heterocycles. The van der Waals surface area contributed by atoms with Crippen LogP contribution in [-0.4, -0.2) is 35.3 Å². The highest BCUT2D eigenvalue weighted by Gasteiger charge is 2.41. The molecular formula is C9H17NOS. The summed E-state index contributed by atoms with van der Waals surface area (Å²) in [6.45, 7) is 1.44. The van der Waals surface area contributed by atoms with E-state index in [1.807, 2.05) is 0 Å². The van der Waals surface area contributed by atoms with Crippen molar-refractivity contribution in [2.24, 2.45) is 5.92 Å². The molecule has 70 valence electrons. The summed E-state index contributed by atoms with van der Waals surface area (Å²) in [6, 6.07) is 0. The first-order valence-electron chi connectivity index (χ1n) is 4.78. The van der Waals surface area contributed by atoms with Crippen LogP contribution in [0.25, 0.3) is 0 Å². The summed E-state index contributed by atoms with van der Waals surface area (Å²) < 4.78 is 0. The standard InChI is InChI=1S/C9H17NOS/c11-7-9(2-3-9)10-5-8-1-4-12-6-8/h8,10-11H,1-7H2. The van der Waals surface area contributed by atoms with Crippen LogP contribution >= 0.6 is 11.8 Å². The zero-order chi connectivity index (χ0) is 8.44. The SMILES string of the molecule is OCC1(NCC2CCSC2)CC1. The molecule has 1 heterocycles. The maximum absolute atomic E-state index is 9.06. The van der Waals surface area contributed by atoms with Gasteiger partial charge in [-0.3, -0.25) is 0 Å². The van der Waals surface area contributed by atoms with Crippen molar-refractivity contribution in [3.05, 3.63) is 0 Å². The number of rotatable bonds is 4. The van der Waals surface area contributed by atoms with Gasteiger partial charge in [0, 0.05) is 5.54 Å². The van der Waals surface area contributed by atoms with E-state index in [2.05, 4.69) is 17.1 Å². The first-order valence-corrected chi connectivity index (χ1v) is 5.94. The molecule has 2 N–H and O–H groups in total. The van der Waals surface area contributed by atoms with Gasteiger partial charge in [0.25, 0.3) is 0 Å². The summed E-state index contributed by atoms with van der Waals surface area (Å²) in [7, 11) is 0. The molecule has 0 aromatic carbocycles. The quantitative estimate of drug-likeness (QED) is 0.684. The van der Waals surface area contributed by atoms with Crippen molar-refractivity contribution in [1.29, 1.82) is 0 Å². The van der Waals surface area contributed by atoms with Gasteiger partial charge in [0.2, 0.25) is 0 Å². The molecule has 3 heteroatoms. The number of hydrogen-bond donors (Lipinski definition) is 2. The summed E-state index contributed by atoms with van der Waals surface area (Å²) in [4.78, 5) is 0. The van der Waals surface area contributed by atoms with Gasteiger partial charge in [-0.2, -0.15) is 11.8 Å². The van der Waals surface area contributed by atoms with E-state index in [4.69, 9.17) is 5.11 Å². The Balaban J connectivity index is 1.67. The monoisotopic (exact) mass is 187 g/mol. The largest absolute Gasteiger partial charge is 0.394 e. The Labute approximate surface area is 78.1 Å². The zero-order valence-corrected chi connectivity index (χ0v) is 8.20.